The van der Waals surface area contributed by atoms with Gasteiger partial charge in [-0.05, 0) is 38.2 Å². The highest BCUT2D eigenvalue weighted by Gasteiger charge is 2.30. The monoisotopic (exact) mass is 353 g/mol. The third-order valence-corrected chi connectivity index (χ3v) is 4.77. The Morgan fingerprint density at radius 3 is 2.50 bits per heavy atom. The largest absolute Gasteiger partial charge is 0.352 e. The average Bonchev–Trinajstić information content (AvgIpc) is 2.55. The molecule has 0 aliphatic carbocycles. The minimum absolute atomic E-state index is 0. The van der Waals surface area contributed by atoms with Gasteiger partial charge in [0.1, 0.15) is 0 Å². The van der Waals surface area contributed by atoms with Crippen LogP contribution in [0.25, 0.3) is 0 Å². The van der Waals surface area contributed by atoms with Crippen molar-refractivity contribution >= 4 is 18.3 Å². The summed E-state index contributed by atoms with van der Waals surface area (Å²) < 4.78 is 0. The van der Waals surface area contributed by atoms with E-state index in [-0.39, 0.29) is 24.4 Å². The van der Waals surface area contributed by atoms with Crippen LogP contribution in [0.1, 0.15) is 45.1 Å². The van der Waals surface area contributed by atoms with Gasteiger partial charge in [0.15, 0.2) is 0 Å². The van der Waals surface area contributed by atoms with Crippen LogP contribution in [0.15, 0.2) is 30.3 Å². The SMILES string of the molecule is CCCC(C)(N)C(=O)NC1CCN(CCc2ccccc2)CC1.Cl. The third kappa shape index (κ3) is 6.42. The Morgan fingerprint density at radius 1 is 1.29 bits per heavy atom. The maximum atomic E-state index is 12.3. The lowest BCUT2D eigenvalue weighted by atomic mass is 9.95. The van der Waals surface area contributed by atoms with Crippen LogP contribution < -0.4 is 11.1 Å². The molecule has 1 unspecified atom stereocenters. The van der Waals surface area contributed by atoms with E-state index < -0.39 is 5.54 Å². The number of hydrogen-bond donors (Lipinski definition) is 2. The molecule has 1 aromatic rings. The maximum absolute atomic E-state index is 12.3. The van der Waals surface area contributed by atoms with Crippen molar-refractivity contribution in [2.75, 3.05) is 19.6 Å². The number of nitrogens with two attached hydrogens (primary N) is 1. The van der Waals surface area contributed by atoms with Gasteiger partial charge in [0.05, 0.1) is 5.54 Å². The molecule has 24 heavy (non-hydrogen) atoms. The number of carbonyl (C=O) groups excluding carboxylic acids is 1. The highest BCUT2D eigenvalue weighted by atomic mass is 35.5. The second-order valence-corrected chi connectivity index (χ2v) is 6.99. The van der Waals surface area contributed by atoms with Gasteiger partial charge >= 0.3 is 0 Å². The number of carbonyl (C=O) groups is 1. The molecule has 0 saturated carbocycles. The van der Waals surface area contributed by atoms with E-state index in [9.17, 15) is 4.79 Å². The topological polar surface area (TPSA) is 58.4 Å². The van der Waals surface area contributed by atoms with E-state index in [1.54, 1.807) is 0 Å². The van der Waals surface area contributed by atoms with Crippen LogP contribution in [0.4, 0.5) is 0 Å². The van der Waals surface area contributed by atoms with Crippen molar-refractivity contribution < 1.29 is 4.79 Å². The van der Waals surface area contributed by atoms with Gasteiger partial charge in [-0.3, -0.25) is 4.79 Å². The van der Waals surface area contributed by atoms with Crippen molar-refractivity contribution in [2.24, 2.45) is 5.73 Å². The first kappa shape index (κ1) is 20.9. The lowest BCUT2D eigenvalue weighted by Gasteiger charge is -2.34. The zero-order valence-corrected chi connectivity index (χ0v) is 15.8. The number of halogens is 1. The van der Waals surface area contributed by atoms with Crippen molar-refractivity contribution in [3.8, 4) is 0 Å². The summed E-state index contributed by atoms with van der Waals surface area (Å²) in [5.74, 6) is 0.00193. The number of rotatable bonds is 7. The van der Waals surface area contributed by atoms with Crippen LogP contribution in [-0.4, -0.2) is 42.0 Å². The van der Waals surface area contributed by atoms with Gasteiger partial charge in [-0.1, -0.05) is 43.7 Å². The van der Waals surface area contributed by atoms with Crippen LogP contribution in [0.3, 0.4) is 0 Å². The van der Waals surface area contributed by atoms with E-state index in [4.69, 9.17) is 5.73 Å². The Morgan fingerprint density at radius 2 is 1.92 bits per heavy atom. The average molecular weight is 354 g/mol. The molecule has 3 N–H and O–H groups in total. The van der Waals surface area contributed by atoms with Gasteiger partial charge in [0.25, 0.3) is 0 Å². The molecule has 136 valence electrons. The van der Waals surface area contributed by atoms with Crippen molar-refractivity contribution in [1.29, 1.82) is 0 Å². The smallest absolute Gasteiger partial charge is 0.240 e. The summed E-state index contributed by atoms with van der Waals surface area (Å²) in [5.41, 5.74) is 6.76. The van der Waals surface area contributed by atoms with Crippen LogP contribution in [0, 0.1) is 0 Å². The molecule has 1 aromatic carbocycles. The van der Waals surface area contributed by atoms with Crippen molar-refractivity contribution in [3.05, 3.63) is 35.9 Å². The Kier molecular flexibility index (Phi) is 8.74. The molecule has 1 amide bonds. The number of likely N-dealkylation sites (tertiary alicyclic amines) is 1. The van der Waals surface area contributed by atoms with Gasteiger partial charge in [-0.25, -0.2) is 0 Å². The Bertz CT molecular complexity index is 485. The van der Waals surface area contributed by atoms with Crippen molar-refractivity contribution in [3.63, 3.8) is 0 Å². The van der Waals surface area contributed by atoms with E-state index in [1.165, 1.54) is 5.56 Å². The van der Waals surface area contributed by atoms with E-state index in [0.29, 0.717) is 0 Å². The van der Waals surface area contributed by atoms with Gasteiger partial charge in [0.2, 0.25) is 5.91 Å². The Labute approximate surface area is 152 Å². The highest BCUT2D eigenvalue weighted by Crippen LogP contribution is 2.14. The first-order valence-corrected chi connectivity index (χ1v) is 8.87. The molecule has 4 nitrogen and oxygen atoms in total. The highest BCUT2D eigenvalue weighted by molar-refractivity contribution is 5.86. The molecule has 1 atom stereocenters. The fourth-order valence-electron chi connectivity index (χ4n) is 3.22. The van der Waals surface area contributed by atoms with Crippen molar-refractivity contribution in [2.45, 2.75) is 57.5 Å². The second-order valence-electron chi connectivity index (χ2n) is 6.99. The van der Waals surface area contributed by atoms with Crippen LogP contribution >= 0.6 is 12.4 Å². The summed E-state index contributed by atoms with van der Waals surface area (Å²) in [7, 11) is 0. The molecule has 2 rings (SSSR count). The van der Waals surface area contributed by atoms with Gasteiger partial charge < -0.3 is 16.0 Å². The summed E-state index contributed by atoms with van der Waals surface area (Å²) in [6.45, 7) is 7.08. The van der Waals surface area contributed by atoms with Crippen LogP contribution in [0.5, 0.6) is 0 Å². The molecule has 0 aromatic heterocycles. The summed E-state index contributed by atoms with van der Waals surface area (Å²) in [4.78, 5) is 14.8. The number of nitrogens with one attached hydrogen (secondary N) is 1. The molecule has 1 fully saturated rings. The number of piperidine rings is 1. The predicted molar refractivity (Wildman–Crippen MR) is 102 cm³/mol. The molecule has 1 heterocycles. The predicted octanol–water partition coefficient (Wildman–Crippen LogP) is 2.75. The van der Waals surface area contributed by atoms with E-state index in [0.717, 1.165) is 51.7 Å². The molecule has 5 heteroatoms. The van der Waals surface area contributed by atoms with Gasteiger partial charge in [0, 0.05) is 25.7 Å². The molecule has 0 bridgehead atoms. The van der Waals surface area contributed by atoms with E-state index in [1.807, 2.05) is 6.92 Å². The summed E-state index contributed by atoms with van der Waals surface area (Å²) in [6.07, 6.45) is 4.79. The number of nitrogens with zero attached hydrogens (tertiary/aromatic N) is 1. The normalized spacial score (nSPS) is 18.5. The minimum Gasteiger partial charge on any atom is -0.352 e. The first-order chi connectivity index (χ1) is 11.0. The first-order valence-electron chi connectivity index (χ1n) is 8.87. The minimum atomic E-state index is -0.737. The second kappa shape index (κ2) is 10.0. The van der Waals surface area contributed by atoms with Crippen molar-refractivity contribution in [1.82, 2.24) is 10.2 Å². The Balaban J connectivity index is 0.00000288. The van der Waals surface area contributed by atoms with E-state index >= 15 is 0 Å². The molecule has 1 saturated heterocycles. The lowest BCUT2D eigenvalue weighted by molar-refractivity contribution is -0.127. The molecule has 0 spiro atoms. The summed E-state index contributed by atoms with van der Waals surface area (Å²) in [6, 6.07) is 10.9. The molecule has 1 aliphatic heterocycles. The van der Waals surface area contributed by atoms with Gasteiger partial charge in [-0.2, -0.15) is 0 Å². The number of benzene rings is 1. The molecule has 0 radical (unpaired) electrons. The molecular weight excluding hydrogens is 322 g/mol. The van der Waals surface area contributed by atoms with Crippen LogP contribution in [0.2, 0.25) is 0 Å². The lowest BCUT2D eigenvalue weighted by Crippen LogP contribution is -2.55. The fourth-order valence-corrected chi connectivity index (χ4v) is 3.22. The molecule has 1 aliphatic rings. The zero-order valence-electron chi connectivity index (χ0n) is 15.0. The zero-order chi connectivity index (χ0) is 16.7. The standard InChI is InChI=1S/C19H31N3O.ClH/c1-3-12-19(2,20)18(23)21-17-10-14-22(15-11-17)13-9-16-7-5-4-6-8-16;/h4-8,17H,3,9-15,20H2,1-2H3,(H,21,23);1H. The Hall–Kier alpha value is -1.10. The maximum Gasteiger partial charge on any atom is 0.240 e. The van der Waals surface area contributed by atoms with E-state index in [2.05, 4.69) is 47.5 Å². The van der Waals surface area contributed by atoms with Gasteiger partial charge in [-0.15, -0.1) is 12.4 Å². The fraction of sp³-hybridized carbons (Fsp3) is 0.632. The third-order valence-electron chi connectivity index (χ3n) is 4.77. The molecular formula is C19H32ClN3O. The summed E-state index contributed by atoms with van der Waals surface area (Å²) >= 11 is 0. The number of amides is 1. The summed E-state index contributed by atoms with van der Waals surface area (Å²) in [5, 5.41) is 3.15. The quantitative estimate of drug-likeness (QED) is 0.792. The number of hydrogen-bond acceptors (Lipinski definition) is 3. The van der Waals surface area contributed by atoms with Crippen LogP contribution in [-0.2, 0) is 11.2 Å².